The predicted octanol–water partition coefficient (Wildman–Crippen LogP) is 2.19. The van der Waals surface area contributed by atoms with Crippen LogP contribution >= 0.6 is 0 Å². The van der Waals surface area contributed by atoms with E-state index in [4.69, 9.17) is 4.74 Å². The van der Waals surface area contributed by atoms with Crippen LogP contribution in [0.3, 0.4) is 0 Å². The third kappa shape index (κ3) is 2.67. The first kappa shape index (κ1) is 10.4. The van der Waals surface area contributed by atoms with Crippen molar-refractivity contribution in [1.82, 2.24) is 4.90 Å². The molecule has 0 spiro atoms. The molecule has 2 rings (SSSR count). The van der Waals surface area contributed by atoms with Gasteiger partial charge in [-0.2, -0.15) is 0 Å². The average molecular weight is 201 g/mol. The first-order chi connectivity index (χ1) is 6.86. The molecule has 1 aliphatic heterocycles. The summed E-state index contributed by atoms with van der Waals surface area (Å²) in [5.74, 6) is 0.736. The van der Waals surface area contributed by atoms with E-state index in [2.05, 4.69) is 0 Å². The smallest absolute Gasteiger partial charge is 0.177 e. The molecule has 0 bridgehead atoms. The van der Waals surface area contributed by atoms with Crippen LogP contribution in [0.25, 0.3) is 0 Å². The summed E-state index contributed by atoms with van der Waals surface area (Å²) in [5, 5.41) is 0. The van der Waals surface area contributed by atoms with Crippen LogP contribution in [0, 0.1) is 5.92 Å². The highest BCUT2D eigenvalue weighted by Gasteiger charge is 2.25. The summed E-state index contributed by atoms with van der Waals surface area (Å²) in [6.45, 7) is 2.70. The molecule has 2 aliphatic rings. The van der Waals surface area contributed by atoms with E-state index in [-0.39, 0.29) is 6.61 Å². The lowest BCUT2D eigenvalue weighted by atomic mass is 9.89. The lowest BCUT2D eigenvalue weighted by Crippen LogP contribution is -2.45. The van der Waals surface area contributed by atoms with Gasteiger partial charge in [0.1, 0.15) is 0 Å². The van der Waals surface area contributed by atoms with Crippen LogP contribution in [0.15, 0.2) is 0 Å². The van der Waals surface area contributed by atoms with Gasteiger partial charge in [-0.25, -0.2) is 4.39 Å². The quantitative estimate of drug-likeness (QED) is 0.635. The van der Waals surface area contributed by atoms with E-state index >= 15 is 0 Å². The van der Waals surface area contributed by atoms with E-state index in [0.29, 0.717) is 6.61 Å². The monoisotopic (exact) mass is 201 g/mol. The van der Waals surface area contributed by atoms with Gasteiger partial charge in [0.25, 0.3) is 0 Å². The number of morpholine rings is 1. The molecular weight excluding hydrogens is 181 g/mol. The lowest BCUT2D eigenvalue weighted by Gasteiger charge is -2.34. The van der Waals surface area contributed by atoms with Crippen LogP contribution in [-0.4, -0.2) is 37.5 Å². The Labute approximate surface area is 85.4 Å². The van der Waals surface area contributed by atoms with Gasteiger partial charge in [-0.05, 0) is 18.8 Å². The number of hydrogen-bond acceptors (Lipinski definition) is 2. The van der Waals surface area contributed by atoms with Crippen molar-refractivity contribution in [3.05, 3.63) is 0 Å². The molecule has 0 aromatic carbocycles. The molecule has 2 nitrogen and oxygen atoms in total. The van der Waals surface area contributed by atoms with Gasteiger partial charge >= 0.3 is 0 Å². The van der Waals surface area contributed by atoms with Gasteiger partial charge in [0, 0.05) is 13.1 Å². The van der Waals surface area contributed by atoms with Gasteiger partial charge in [0.05, 0.1) is 13.2 Å². The Morgan fingerprint density at radius 3 is 2.71 bits per heavy atom. The topological polar surface area (TPSA) is 12.5 Å². The standard InChI is InChI=1S/C11H20FNO/c12-11-9-14-7-6-13(11)8-10-4-2-1-3-5-10/h10-11H,1-9H2. The minimum Gasteiger partial charge on any atom is -0.376 e. The van der Waals surface area contributed by atoms with Crippen molar-refractivity contribution in [2.24, 2.45) is 5.92 Å². The number of ether oxygens (including phenoxy) is 1. The van der Waals surface area contributed by atoms with E-state index < -0.39 is 6.30 Å². The fraction of sp³-hybridized carbons (Fsp3) is 1.00. The predicted molar refractivity (Wildman–Crippen MR) is 53.9 cm³/mol. The largest absolute Gasteiger partial charge is 0.376 e. The minimum absolute atomic E-state index is 0.271. The summed E-state index contributed by atoms with van der Waals surface area (Å²) < 4.78 is 18.5. The zero-order valence-corrected chi connectivity index (χ0v) is 8.75. The number of nitrogens with zero attached hydrogens (tertiary/aromatic N) is 1. The maximum atomic E-state index is 13.4. The molecule has 0 N–H and O–H groups in total. The van der Waals surface area contributed by atoms with E-state index in [1.54, 1.807) is 0 Å². The van der Waals surface area contributed by atoms with Crippen molar-refractivity contribution in [3.63, 3.8) is 0 Å². The molecule has 0 radical (unpaired) electrons. The fourth-order valence-corrected chi connectivity index (χ4v) is 2.51. The van der Waals surface area contributed by atoms with Crippen molar-refractivity contribution in [2.75, 3.05) is 26.3 Å². The number of halogens is 1. The second-order valence-electron chi connectivity index (χ2n) is 4.51. The molecule has 1 saturated carbocycles. The summed E-state index contributed by atoms with van der Waals surface area (Å²) in [4.78, 5) is 1.96. The number of hydrogen-bond donors (Lipinski definition) is 0. The second kappa shape index (κ2) is 5.08. The summed E-state index contributed by atoms with van der Waals surface area (Å²) in [6, 6.07) is 0. The number of alkyl halides is 1. The highest BCUT2D eigenvalue weighted by atomic mass is 19.1. The molecule has 1 saturated heterocycles. The zero-order chi connectivity index (χ0) is 9.80. The van der Waals surface area contributed by atoms with E-state index in [9.17, 15) is 4.39 Å². The third-order valence-corrected chi connectivity index (χ3v) is 3.39. The first-order valence-corrected chi connectivity index (χ1v) is 5.82. The lowest BCUT2D eigenvalue weighted by molar-refractivity contribution is -0.0699. The van der Waals surface area contributed by atoms with Crippen LogP contribution in [0.5, 0.6) is 0 Å². The van der Waals surface area contributed by atoms with Crippen LogP contribution in [0.1, 0.15) is 32.1 Å². The van der Waals surface area contributed by atoms with Crippen molar-refractivity contribution in [1.29, 1.82) is 0 Å². The Morgan fingerprint density at radius 1 is 1.21 bits per heavy atom. The molecule has 1 unspecified atom stereocenters. The maximum Gasteiger partial charge on any atom is 0.177 e. The normalized spacial score (nSPS) is 31.9. The first-order valence-electron chi connectivity index (χ1n) is 5.82. The SMILES string of the molecule is FC1COCCN1CC1CCCCC1. The van der Waals surface area contributed by atoms with Gasteiger partial charge in [0.15, 0.2) is 6.30 Å². The van der Waals surface area contributed by atoms with E-state index in [1.165, 1.54) is 32.1 Å². The van der Waals surface area contributed by atoms with Gasteiger partial charge in [-0.3, -0.25) is 4.90 Å². The Hall–Kier alpha value is -0.150. The Morgan fingerprint density at radius 2 is 2.00 bits per heavy atom. The van der Waals surface area contributed by atoms with Crippen molar-refractivity contribution in [2.45, 2.75) is 38.4 Å². The molecule has 3 heteroatoms. The van der Waals surface area contributed by atoms with Gasteiger partial charge in [-0.1, -0.05) is 19.3 Å². The molecule has 0 aromatic rings. The molecule has 82 valence electrons. The summed E-state index contributed by atoms with van der Waals surface area (Å²) in [7, 11) is 0. The summed E-state index contributed by atoms with van der Waals surface area (Å²) in [6.07, 6.45) is 5.79. The highest BCUT2D eigenvalue weighted by Crippen LogP contribution is 2.25. The van der Waals surface area contributed by atoms with Crippen molar-refractivity contribution >= 4 is 0 Å². The van der Waals surface area contributed by atoms with Gasteiger partial charge < -0.3 is 4.74 Å². The molecule has 1 atom stereocenters. The molecule has 1 aliphatic carbocycles. The van der Waals surface area contributed by atoms with E-state index in [1.807, 2.05) is 4.90 Å². The van der Waals surface area contributed by atoms with Crippen LogP contribution in [0.4, 0.5) is 4.39 Å². The number of rotatable bonds is 2. The summed E-state index contributed by atoms with van der Waals surface area (Å²) >= 11 is 0. The highest BCUT2D eigenvalue weighted by molar-refractivity contribution is 4.73. The molecule has 0 amide bonds. The Bertz CT molecular complexity index is 171. The van der Waals surface area contributed by atoms with Crippen LogP contribution < -0.4 is 0 Å². The molecule has 1 heterocycles. The Kier molecular flexibility index (Phi) is 3.76. The molecular formula is C11H20FNO. The van der Waals surface area contributed by atoms with Crippen molar-refractivity contribution < 1.29 is 9.13 Å². The van der Waals surface area contributed by atoms with E-state index in [0.717, 1.165) is 19.0 Å². The summed E-state index contributed by atoms with van der Waals surface area (Å²) in [5.41, 5.74) is 0. The average Bonchev–Trinajstić information content (AvgIpc) is 2.23. The van der Waals surface area contributed by atoms with Crippen LogP contribution in [0.2, 0.25) is 0 Å². The molecule has 0 aromatic heterocycles. The van der Waals surface area contributed by atoms with Gasteiger partial charge in [0.2, 0.25) is 0 Å². The fourth-order valence-electron chi connectivity index (χ4n) is 2.51. The zero-order valence-electron chi connectivity index (χ0n) is 8.75. The van der Waals surface area contributed by atoms with Crippen LogP contribution in [-0.2, 0) is 4.74 Å². The molecule has 14 heavy (non-hydrogen) atoms. The molecule has 2 fully saturated rings. The maximum absolute atomic E-state index is 13.4. The van der Waals surface area contributed by atoms with Gasteiger partial charge in [-0.15, -0.1) is 0 Å². The van der Waals surface area contributed by atoms with Crippen molar-refractivity contribution in [3.8, 4) is 0 Å². The third-order valence-electron chi connectivity index (χ3n) is 3.39. The second-order valence-corrected chi connectivity index (χ2v) is 4.51. The minimum atomic E-state index is -0.856. The Balaban J connectivity index is 1.76.